The lowest BCUT2D eigenvalue weighted by Gasteiger charge is -2.09. The molecule has 3 aromatic rings. The molecular weight excluding hydrogens is 376 g/mol. The van der Waals surface area contributed by atoms with Crippen molar-refractivity contribution in [2.45, 2.75) is 44.6 Å². The number of ether oxygens (including phenoxy) is 1. The van der Waals surface area contributed by atoms with Crippen LogP contribution in [0.4, 0.5) is 0 Å². The summed E-state index contributed by atoms with van der Waals surface area (Å²) in [5, 5.41) is 12.4. The largest absolute Gasteiger partial charge is 0.462 e. The minimum atomic E-state index is -0.432. The SMILES string of the molecule is CCOC(=O)c1sc2nc(C(C)Sc3nnnn3CC)[nH]c(=O)c2c1C. The number of tetrazole rings is 1. The molecule has 0 aromatic carbocycles. The van der Waals surface area contributed by atoms with E-state index in [-0.39, 0.29) is 17.4 Å². The molecule has 1 atom stereocenters. The first-order valence-corrected chi connectivity index (χ1v) is 9.79. The minimum absolute atomic E-state index is 0.170. The number of esters is 1. The normalized spacial score (nSPS) is 12.5. The quantitative estimate of drug-likeness (QED) is 0.500. The average molecular weight is 394 g/mol. The van der Waals surface area contributed by atoms with Crippen LogP contribution in [0, 0.1) is 6.92 Å². The third-order valence-electron chi connectivity index (χ3n) is 3.75. The summed E-state index contributed by atoms with van der Waals surface area (Å²) in [6.45, 7) is 8.26. The van der Waals surface area contributed by atoms with Crippen molar-refractivity contribution in [1.29, 1.82) is 0 Å². The van der Waals surface area contributed by atoms with E-state index in [1.54, 1.807) is 18.5 Å². The van der Waals surface area contributed by atoms with E-state index in [4.69, 9.17) is 4.74 Å². The monoisotopic (exact) mass is 394 g/mol. The molecule has 0 saturated carbocycles. The molecule has 0 amide bonds. The van der Waals surface area contributed by atoms with Crippen LogP contribution < -0.4 is 5.56 Å². The molecule has 0 bridgehead atoms. The van der Waals surface area contributed by atoms with Crippen molar-refractivity contribution in [2.24, 2.45) is 0 Å². The maximum atomic E-state index is 12.5. The Kier molecular flexibility index (Phi) is 5.37. The Bertz CT molecular complexity index is 1010. The highest BCUT2D eigenvalue weighted by Gasteiger charge is 2.22. The number of carbonyl (C=O) groups excluding carboxylic acids is 1. The topological polar surface area (TPSA) is 116 Å². The van der Waals surface area contributed by atoms with Crippen LogP contribution in [0.15, 0.2) is 9.95 Å². The van der Waals surface area contributed by atoms with E-state index in [0.717, 1.165) is 0 Å². The number of aryl methyl sites for hydroxylation is 2. The van der Waals surface area contributed by atoms with E-state index in [1.165, 1.54) is 23.1 Å². The van der Waals surface area contributed by atoms with Crippen LogP contribution in [-0.2, 0) is 11.3 Å². The summed E-state index contributed by atoms with van der Waals surface area (Å²) >= 11 is 2.58. The van der Waals surface area contributed by atoms with Gasteiger partial charge < -0.3 is 9.72 Å². The van der Waals surface area contributed by atoms with Gasteiger partial charge in [0, 0.05) is 6.54 Å². The predicted molar refractivity (Wildman–Crippen MR) is 98.7 cm³/mol. The standard InChI is InChI=1S/C15H18N6O3S2/c1-5-21-15(18-19-20-21)25-8(4)11-16-12(22)9-7(3)10(14(23)24-6-2)26-13(9)17-11/h8H,5-6H2,1-4H3,(H,16,17,22). The molecule has 0 fully saturated rings. The van der Waals surface area contributed by atoms with Gasteiger partial charge in [-0.15, -0.1) is 16.4 Å². The van der Waals surface area contributed by atoms with Gasteiger partial charge in [-0.25, -0.2) is 14.5 Å². The number of thioether (sulfide) groups is 1. The molecule has 0 saturated heterocycles. The molecule has 0 aliphatic carbocycles. The Hall–Kier alpha value is -2.27. The highest BCUT2D eigenvalue weighted by Crippen LogP contribution is 2.33. The second kappa shape index (κ2) is 7.54. The van der Waals surface area contributed by atoms with Gasteiger partial charge in [0.1, 0.15) is 15.5 Å². The van der Waals surface area contributed by atoms with E-state index in [1.807, 2.05) is 13.8 Å². The van der Waals surface area contributed by atoms with Crippen molar-refractivity contribution in [3.63, 3.8) is 0 Å². The van der Waals surface area contributed by atoms with Crippen molar-refractivity contribution in [3.8, 4) is 0 Å². The maximum Gasteiger partial charge on any atom is 0.348 e. The Labute approximate surface area is 157 Å². The summed E-state index contributed by atoms with van der Waals surface area (Å²) < 4.78 is 6.73. The average Bonchev–Trinajstić information content (AvgIpc) is 3.19. The first-order valence-electron chi connectivity index (χ1n) is 8.09. The first kappa shape index (κ1) is 18.5. The molecule has 0 spiro atoms. The zero-order valence-corrected chi connectivity index (χ0v) is 16.4. The molecule has 138 valence electrons. The van der Waals surface area contributed by atoms with E-state index >= 15 is 0 Å². The molecule has 9 nitrogen and oxygen atoms in total. The van der Waals surface area contributed by atoms with Crippen molar-refractivity contribution in [3.05, 3.63) is 26.6 Å². The lowest BCUT2D eigenvalue weighted by Crippen LogP contribution is -2.13. The molecule has 1 N–H and O–H groups in total. The smallest absolute Gasteiger partial charge is 0.348 e. The Morgan fingerprint density at radius 2 is 2.19 bits per heavy atom. The van der Waals surface area contributed by atoms with E-state index in [0.29, 0.717) is 38.2 Å². The fourth-order valence-corrected chi connectivity index (χ4v) is 4.43. The van der Waals surface area contributed by atoms with Gasteiger partial charge in [0.25, 0.3) is 5.56 Å². The summed E-state index contributed by atoms with van der Waals surface area (Å²) in [5.74, 6) is 0.0771. The van der Waals surface area contributed by atoms with Gasteiger partial charge in [-0.2, -0.15) is 0 Å². The molecule has 1 unspecified atom stereocenters. The van der Waals surface area contributed by atoms with E-state index in [2.05, 4.69) is 25.5 Å². The number of carbonyl (C=O) groups is 1. The molecule has 3 rings (SSSR count). The highest BCUT2D eigenvalue weighted by atomic mass is 32.2. The Morgan fingerprint density at radius 3 is 2.88 bits per heavy atom. The Balaban J connectivity index is 1.98. The fraction of sp³-hybridized carbons (Fsp3) is 0.467. The zero-order valence-electron chi connectivity index (χ0n) is 14.8. The number of aromatic amines is 1. The molecular formula is C15H18N6O3S2. The van der Waals surface area contributed by atoms with Crippen LogP contribution in [0.25, 0.3) is 10.2 Å². The molecule has 3 heterocycles. The predicted octanol–water partition coefficient (Wildman–Crippen LogP) is 2.33. The molecule has 3 aromatic heterocycles. The number of aromatic nitrogens is 6. The summed E-state index contributed by atoms with van der Waals surface area (Å²) in [6, 6.07) is 0. The maximum absolute atomic E-state index is 12.5. The lowest BCUT2D eigenvalue weighted by molar-refractivity contribution is 0.0531. The van der Waals surface area contributed by atoms with Crippen LogP contribution in [0.1, 0.15) is 47.1 Å². The number of nitrogens with one attached hydrogen (secondary N) is 1. The van der Waals surface area contributed by atoms with Crippen LogP contribution in [0.2, 0.25) is 0 Å². The van der Waals surface area contributed by atoms with Gasteiger partial charge in [0.2, 0.25) is 5.16 Å². The second-order valence-corrected chi connectivity index (χ2v) is 7.75. The third-order valence-corrected chi connectivity index (χ3v) is 5.99. The first-order chi connectivity index (χ1) is 12.5. The van der Waals surface area contributed by atoms with Crippen molar-refractivity contribution < 1.29 is 9.53 Å². The van der Waals surface area contributed by atoms with Gasteiger partial charge in [-0.3, -0.25) is 4.79 Å². The van der Waals surface area contributed by atoms with Crippen LogP contribution >= 0.6 is 23.1 Å². The molecule has 26 heavy (non-hydrogen) atoms. The lowest BCUT2D eigenvalue weighted by atomic mass is 10.2. The van der Waals surface area contributed by atoms with Crippen molar-refractivity contribution in [1.82, 2.24) is 30.2 Å². The van der Waals surface area contributed by atoms with Gasteiger partial charge >= 0.3 is 5.97 Å². The number of hydrogen-bond donors (Lipinski definition) is 1. The molecule has 0 aliphatic heterocycles. The molecule has 0 radical (unpaired) electrons. The fourth-order valence-electron chi connectivity index (χ4n) is 2.44. The number of nitrogens with zero attached hydrogens (tertiary/aromatic N) is 5. The van der Waals surface area contributed by atoms with Crippen LogP contribution in [0.3, 0.4) is 0 Å². The van der Waals surface area contributed by atoms with Gasteiger partial charge in [-0.1, -0.05) is 11.8 Å². The van der Waals surface area contributed by atoms with Crippen LogP contribution in [0.5, 0.6) is 0 Å². The van der Waals surface area contributed by atoms with Gasteiger partial charge in [0.05, 0.1) is 17.2 Å². The number of rotatable bonds is 6. The third kappa shape index (κ3) is 3.36. The highest BCUT2D eigenvalue weighted by molar-refractivity contribution is 7.99. The summed E-state index contributed by atoms with van der Waals surface area (Å²) in [4.78, 5) is 32.9. The summed E-state index contributed by atoms with van der Waals surface area (Å²) in [6.07, 6.45) is 0. The summed E-state index contributed by atoms with van der Waals surface area (Å²) in [5.41, 5.74) is 0.329. The van der Waals surface area contributed by atoms with E-state index in [9.17, 15) is 9.59 Å². The van der Waals surface area contributed by atoms with Crippen molar-refractivity contribution >= 4 is 39.3 Å². The van der Waals surface area contributed by atoms with Gasteiger partial charge in [0.15, 0.2) is 0 Å². The number of hydrogen-bond acceptors (Lipinski definition) is 9. The zero-order chi connectivity index (χ0) is 18.8. The summed E-state index contributed by atoms with van der Waals surface area (Å²) in [7, 11) is 0. The van der Waals surface area contributed by atoms with Gasteiger partial charge in [-0.05, 0) is 43.7 Å². The van der Waals surface area contributed by atoms with Crippen molar-refractivity contribution in [2.75, 3.05) is 6.61 Å². The Morgan fingerprint density at radius 1 is 1.42 bits per heavy atom. The number of thiophene rings is 1. The number of H-pyrrole nitrogens is 1. The van der Waals surface area contributed by atoms with E-state index < -0.39 is 5.97 Å². The van der Waals surface area contributed by atoms with Crippen LogP contribution in [-0.4, -0.2) is 42.8 Å². The minimum Gasteiger partial charge on any atom is -0.462 e. The number of fused-ring (bicyclic) bond motifs is 1. The molecule has 11 heteroatoms. The molecule has 0 aliphatic rings. The second-order valence-electron chi connectivity index (χ2n) is 5.45.